The second-order valence-corrected chi connectivity index (χ2v) is 15.6. The molecule has 0 amide bonds. The zero-order valence-electron chi connectivity index (χ0n) is 35.3. The first-order valence-electron chi connectivity index (χ1n) is 23.0. The van der Waals surface area contributed by atoms with Crippen molar-refractivity contribution in [2.24, 2.45) is 11.8 Å². The Morgan fingerprint density at radius 3 is 1.23 bits per heavy atom. The van der Waals surface area contributed by atoms with Crippen LogP contribution in [0.2, 0.25) is 0 Å². The molecule has 0 rings (SSSR count). The quantitative estimate of drug-likeness (QED) is 0.0366. The molecule has 52 heavy (non-hydrogen) atoms. The number of hydrogen-bond acceptors (Lipinski definition) is 7. The molecule has 2 atom stereocenters. The Morgan fingerprint density at radius 2 is 0.808 bits per heavy atom. The van der Waals surface area contributed by atoms with Crippen molar-refractivity contribution in [3.05, 3.63) is 0 Å². The molecule has 0 aliphatic heterocycles. The maximum absolute atomic E-state index is 12.9. The number of aliphatic hydroxyl groups is 1. The molecule has 0 spiro atoms. The monoisotopic (exact) mass is 739 g/mol. The lowest BCUT2D eigenvalue weighted by Gasteiger charge is -2.22. The van der Waals surface area contributed by atoms with Crippen LogP contribution < -0.4 is 5.43 Å². The van der Waals surface area contributed by atoms with Gasteiger partial charge < -0.3 is 14.6 Å². The first-order valence-corrected chi connectivity index (χ1v) is 23.0. The van der Waals surface area contributed by atoms with E-state index in [1.54, 1.807) is 0 Å². The number of nitrogens with zero attached hydrogens (tertiary/aromatic N) is 1. The van der Waals surface area contributed by atoms with E-state index in [4.69, 9.17) is 9.47 Å². The summed E-state index contributed by atoms with van der Waals surface area (Å²) in [5.41, 5.74) is 3.49. The summed E-state index contributed by atoms with van der Waals surface area (Å²) >= 11 is 0. The summed E-state index contributed by atoms with van der Waals surface area (Å²) in [6, 6.07) is 0. The van der Waals surface area contributed by atoms with E-state index in [2.05, 4.69) is 38.1 Å². The van der Waals surface area contributed by atoms with Crippen LogP contribution in [0, 0.1) is 11.8 Å². The van der Waals surface area contributed by atoms with E-state index in [1.165, 1.54) is 103 Å². The van der Waals surface area contributed by atoms with E-state index in [0.29, 0.717) is 19.8 Å². The molecule has 2 N–H and O–H groups in total. The summed E-state index contributed by atoms with van der Waals surface area (Å²) in [4.78, 5) is 25.8. The fourth-order valence-electron chi connectivity index (χ4n) is 7.11. The predicted molar refractivity (Wildman–Crippen MR) is 221 cm³/mol. The van der Waals surface area contributed by atoms with E-state index in [1.807, 2.05) is 0 Å². The van der Waals surface area contributed by atoms with Gasteiger partial charge in [-0.15, -0.1) is 0 Å². The van der Waals surface area contributed by atoms with Crippen LogP contribution in [-0.4, -0.2) is 61.5 Å². The molecule has 0 bridgehead atoms. The van der Waals surface area contributed by atoms with Crippen LogP contribution in [0.25, 0.3) is 0 Å². The molecule has 0 radical (unpaired) electrons. The fourth-order valence-corrected chi connectivity index (χ4v) is 7.11. The van der Waals surface area contributed by atoms with Gasteiger partial charge in [-0.1, -0.05) is 169 Å². The lowest BCUT2D eigenvalue weighted by atomic mass is 9.94. The SMILES string of the molecule is CCCCCCCCC(CCCCCC)C(=O)OCCCCCCN(CCO)NCCCCCOC(=O)C(CCCCCC)CCCCCCCC. The Labute approximate surface area is 323 Å². The van der Waals surface area contributed by atoms with Crippen LogP contribution in [0.15, 0.2) is 0 Å². The predicted octanol–water partition coefficient (Wildman–Crippen LogP) is 12.3. The van der Waals surface area contributed by atoms with Crippen molar-refractivity contribution < 1.29 is 24.2 Å². The first kappa shape index (κ1) is 50.8. The number of hydrazine groups is 1. The number of unbranched alkanes of at least 4 members (excludes halogenated alkanes) is 21. The van der Waals surface area contributed by atoms with Crippen LogP contribution in [0.1, 0.15) is 227 Å². The Hall–Kier alpha value is -1.18. The van der Waals surface area contributed by atoms with Crippen molar-refractivity contribution in [2.45, 2.75) is 227 Å². The highest BCUT2D eigenvalue weighted by atomic mass is 16.5. The van der Waals surface area contributed by atoms with Crippen LogP contribution >= 0.6 is 0 Å². The lowest BCUT2D eigenvalue weighted by Crippen LogP contribution is -2.41. The van der Waals surface area contributed by atoms with Crippen LogP contribution in [-0.2, 0) is 19.1 Å². The van der Waals surface area contributed by atoms with Gasteiger partial charge in [0.25, 0.3) is 0 Å². The minimum atomic E-state index is 0.0287. The van der Waals surface area contributed by atoms with Crippen molar-refractivity contribution >= 4 is 11.9 Å². The molecule has 7 nitrogen and oxygen atoms in total. The third-order valence-electron chi connectivity index (χ3n) is 10.6. The first-order chi connectivity index (χ1) is 25.5. The van der Waals surface area contributed by atoms with Crippen molar-refractivity contribution in [3.8, 4) is 0 Å². The fraction of sp³-hybridized carbons (Fsp3) is 0.956. The summed E-state index contributed by atoms with van der Waals surface area (Å²) in [6.07, 6.45) is 35.7. The van der Waals surface area contributed by atoms with Crippen molar-refractivity contribution in [3.63, 3.8) is 0 Å². The van der Waals surface area contributed by atoms with Gasteiger partial charge in [0.05, 0.1) is 31.7 Å². The van der Waals surface area contributed by atoms with Crippen molar-refractivity contribution in [2.75, 3.05) is 39.5 Å². The van der Waals surface area contributed by atoms with Gasteiger partial charge in [-0.05, 0) is 57.8 Å². The molecule has 0 aliphatic rings. The molecule has 2 unspecified atom stereocenters. The van der Waals surface area contributed by atoms with Crippen LogP contribution in [0.5, 0.6) is 0 Å². The number of ether oxygens (including phenoxy) is 2. The smallest absolute Gasteiger partial charge is 0.308 e. The Kier molecular flexibility index (Phi) is 40.1. The minimum absolute atomic E-state index is 0.0287. The summed E-state index contributed by atoms with van der Waals surface area (Å²) in [5.74, 6) is 0.213. The average molecular weight is 739 g/mol. The number of aliphatic hydroxyl groups excluding tert-OH is 1. The van der Waals surface area contributed by atoms with Crippen molar-refractivity contribution in [1.82, 2.24) is 10.4 Å². The Balaban J connectivity index is 4.20. The number of carbonyl (C=O) groups is 2. The molecule has 0 aromatic heterocycles. The average Bonchev–Trinajstić information content (AvgIpc) is 3.14. The lowest BCUT2D eigenvalue weighted by molar-refractivity contribution is -0.150. The molecule has 0 saturated carbocycles. The summed E-state index contributed by atoms with van der Waals surface area (Å²) in [5, 5.41) is 11.7. The van der Waals surface area contributed by atoms with E-state index in [9.17, 15) is 14.7 Å². The van der Waals surface area contributed by atoms with E-state index < -0.39 is 0 Å². The van der Waals surface area contributed by atoms with Gasteiger partial charge in [-0.3, -0.25) is 15.0 Å². The zero-order valence-corrected chi connectivity index (χ0v) is 35.3. The van der Waals surface area contributed by atoms with Gasteiger partial charge in [0.2, 0.25) is 0 Å². The maximum Gasteiger partial charge on any atom is 0.308 e. The molecular formula is C45H90N2O5. The van der Waals surface area contributed by atoms with Gasteiger partial charge in [-0.25, -0.2) is 5.01 Å². The number of carbonyl (C=O) groups excluding carboxylic acids is 2. The number of esters is 2. The normalized spacial score (nSPS) is 12.7. The molecule has 0 saturated heterocycles. The summed E-state index contributed by atoms with van der Waals surface area (Å²) in [6.45, 7) is 12.5. The second kappa shape index (κ2) is 41.0. The van der Waals surface area contributed by atoms with Gasteiger partial charge in [0.15, 0.2) is 0 Å². The van der Waals surface area contributed by atoms with Gasteiger partial charge >= 0.3 is 11.9 Å². The third kappa shape index (κ3) is 33.4. The number of hydrogen-bond donors (Lipinski definition) is 2. The van der Waals surface area contributed by atoms with Gasteiger partial charge in [0.1, 0.15) is 0 Å². The highest BCUT2D eigenvalue weighted by Crippen LogP contribution is 2.22. The highest BCUT2D eigenvalue weighted by molar-refractivity contribution is 5.72. The molecule has 0 heterocycles. The summed E-state index contributed by atoms with van der Waals surface area (Å²) < 4.78 is 11.5. The van der Waals surface area contributed by atoms with Crippen LogP contribution in [0.3, 0.4) is 0 Å². The van der Waals surface area contributed by atoms with Gasteiger partial charge in [0, 0.05) is 19.6 Å². The summed E-state index contributed by atoms with van der Waals surface area (Å²) in [7, 11) is 0. The molecule has 0 aliphatic carbocycles. The molecule has 0 aromatic carbocycles. The Morgan fingerprint density at radius 1 is 0.462 bits per heavy atom. The van der Waals surface area contributed by atoms with E-state index in [-0.39, 0.29) is 30.4 Å². The largest absolute Gasteiger partial charge is 0.465 e. The molecular weight excluding hydrogens is 649 g/mol. The zero-order chi connectivity index (χ0) is 38.2. The van der Waals surface area contributed by atoms with E-state index >= 15 is 0 Å². The van der Waals surface area contributed by atoms with Gasteiger partial charge in [-0.2, -0.15) is 0 Å². The molecule has 7 heteroatoms. The third-order valence-corrected chi connectivity index (χ3v) is 10.6. The topological polar surface area (TPSA) is 88.1 Å². The van der Waals surface area contributed by atoms with Crippen LogP contribution in [0.4, 0.5) is 0 Å². The number of nitrogens with one attached hydrogen (secondary N) is 1. The maximum atomic E-state index is 12.9. The molecule has 0 fully saturated rings. The standard InChI is InChI=1S/C45H90N2O5/c1-5-9-13-17-19-26-34-42(32-24-15-11-7-3)44(49)51-40-30-22-21-29-37-47(38-39-48)46-36-28-23-31-41-52-45(50)43(33-25-16-12-8-4)35-27-20-18-14-10-6-2/h42-43,46,48H,5-41H2,1-4H3. The Bertz CT molecular complexity index is 693. The van der Waals surface area contributed by atoms with Crippen molar-refractivity contribution in [1.29, 1.82) is 0 Å². The molecule has 0 aromatic rings. The number of rotatable bonds is 42. The molecule has 310 valence electrons. The van der Waals surface area contributed by atoms with E-state index in [0.717, 1.165) is 109 Å². The second-order valence-electron chi connectivity index (χ2n) is 15.6. The highest BCUT2D eigenvalue weighted by Gasteiger charge is 2.20. The minimum Gasteiger partial charge on any atom is -0.465 e.